The summed E-state index contributed by atoms with van der Waals surface area (Å²) in [6, 6.07) is 1.88. The van der Waals surface area contributed by atoms with Crippen LogP contribution in [0.4, 0.5) is 0 Å². The summed E-state index contributed by atoms with van der Waals surface area (Å²) in [5, 5.41) is 4.74. The van der Waals surface area contributed by atoms with E-state index in [-0.39, 0.29) is 5.91 Å². The van der Waals surface area contributed by atoms with Gasteiger partial charge < -0.3 is 5.32 Å². The number of thiazole rings is 1. The highest BCUT2D eigenvalue weighted by Crippen LogP contribution is 2.27. The first kappa shape index (κ1) is 10.5. The van der Waals surface area contributed by atoms with E-state index in [1.807, 2.05) is 22.0 Å². The van der Waals surface area contributed by atoms with Gasteiger partial charge in [-0.25, -0.2) is 4.98 Å². The normalized spacial score (nSPS) is 11.1. The molecule has 3 aromatic heterocycles. The van der Waals surface area contributed by atoms with Crippen LogP contribution in [0.5, 0.6) is 0 Å². The average Bonchev–Trinajstić information content (AvgIpc) is 2.95. The van der Waals surface area contributed by atoms with Crippen molar-refractivity contribution in [1.82, 2.24) is 14.7 Å². The molecule has 4 nitrogen and oxygen atoms in total. The molecule has 1 amide bonds. The number of amides is 1. The quantitative estimate of drug-likeness (QED) is 0.738. The summed E-state index contributed by atoms with van der Waals surface area (Å²) in [7, 11) is 0. The Morgan fingerprint density at radius 3 is 3.35 bits per heavy atom. The Morgan fingerprint density at radius 1 is 1.65 bits per heavy atom. The molecule has 0 radical (unpaired) electrons. The minimum absolute atomic E-state index is 0.0723. The topological polar surface area (TPSA) is 46.4 Å². The van der Waals surface area contributed by atoms with Crippen LogP contribution < -0.4 is 5.32 Å². The smallest absolute Gasteiger partial charge is 0.261 e. The van der Waals surface area contributed by atoms with Gasteiger partial charge in [0.15, 0.2) is 4.96 Å². The predicted molar refractivity (Wildman–Crippen MR) is 71.0 cm³/mol. The summed E-state index contributed by atoms with van der Waals surface area (Å²) in [5.74, 6) is -0.0723. The van der Waals surface area contributed by atoms with E-state index in [1.165, 1.54) is 11.3 Å². The SMILES string of the molecule is C=CCNC(=O)c1cc2c(nc3sccn32)s1. The first-order chi connectivity index (χ1) is 8.29. The fourth-order valence-electron chi connectivity index (χ4n) is 1.61. The highest BCUT2D eigenvalue weighted by molar-refractivity contribution is 7.21. The van der Waals surface area contributed by atoms with Gasteiger partial charge in [-0.05, 0) is 6.07 Å². The Balaban J connectivity index is 2.03. The molecule has 0 bridgehead atoms. The Labute approximate surface area is 105 Å². The van der Waals surface area contributed by atoms with E-state index >= 15 is 0 Å². The number of nitrogens with one attached hydrogen (secondary N) is 1. The summed E-state index contributed by atoms with van der Waals surface area (Å²) >= 11 is 3.01. The molecule has 3 aromatic rings. The van der Waals surface area contributed by atoms with Crippen molar-refractivity contribution in [2.45, 2.75) is 0 Å². The highest BCUT2D eigenvalue weighted by Gasteiger charge is 2.14. The van der Waals surface area contributed by atoms with E-state index in [1.54, 1.807) is 17.4 Å². The number of imidazole rings is 1. The lowest BCUT2D eigenvalue weighted by Gasteiger charge is -1.97. The molecular weight excluding hydrogens is 254 g/mol. The van der Waals surface area contributed by atoms with Crippen LogP contribution >= 0.6 is 22.7 Å². The zero-order chi connectivity index (χ0) is 11.8. The number of nitrogens with zero attached hydrogens (tertiary/aromatic N) is 2. The van der Waals surface area contributed by atoms with Crippen molar-refractivity contribution in [3.05, 3.63) is 35.2 Å². The lowest BCUT2D eigenvalue weighted by molar-refractivity contribution is 0.0962. The summed E-state index contributed by atoms with van der Waals surface area (Å²) in [5.41, 5.74) is 0.995. The molecule has 86 valence electrons. The van der Waals surface area contributed by atoms with E-state index < -0.39 is 0 Å². The van der Waals surface area contributed by atoms with Gasteiger partial charge >= 0.3 is 0 Å². The monoisotopic (exact) mass is 263 g/mol. The standard InChI is InChI=1S/C11H9N3OS2/c1-2-3-12-9(15)8-6-7-10(17-8)13-11-14(7)4-5-16-11/h2,4-6H,1,3H2,(H,12,15). The Bertz CT molecular complexity index is 707. The van der Waals surface area contributed by atoms with Crippen LogP contribution in [0.15, 0.2) is 30.3 Å². The van der Waals surface area contributed by atoms with E-state index in [2.05, 4.69) is 16.9 Å². The predicted octanol–water partition coefficient (Wildman–Crippen LogP) is 2.53. The van der Waals surface area contributed by atoms with Gasteiger partial charge in [-0.15, -0.1) is 29.3 Å². The zero-order valence-electron chi connectivity index (χ0n) is 8.84. The molecule has 0 aliphatic carbocycles. The van der Waals surface area contributed by atoms with Crippen LogP contribution in [0.3, 0.4) is 0 Å². The molecule has 0 fully saturated rings. The van der Waals surface area contributed by atoms with Gasteiger partial charge in [-0.1, -0.05) is 6.08 Å². The summed E-state index contributed by atoms with van der Waals surface area (Å²) in [6.45, 7) is 4.05. The molecule has 17 heavy (non-hydrogen) atoms. The molecule has 1 N–H and O–H groups in total. The van der Waals surface area contributed by atoms with Crippen LogP contribution in [-0.2, 0) is 0 Å². The molecule has 3 rings (SSSR count). The van der Waals surface area contributed by atoms with Crippen molar-refractivity contribution in [2.24, 2.45) is 0 Å². The molecule has 0 atom stereocenters. The fourth-order valence-corrected chi connectivity index (χ4v) is 3.33. The van der Waals surface area contributed by atoms with E-state index in [4.69, 9.17) is 0 Å². The largest absolute Gasteiger partial charge is 0.348 e. The van der Waals surface area contributed by atoms with Crippen molar-refractivity contribution in [1.29, 1.82) is 0 Å². The Hall–Kier alpha value is -1.66. The second-order valence-corrected chi connectivity index (χ2v) is 5.37. The van der Waals surface area contributed by atoms with Crippen molar-refractivity contribution >= 4 is 43.9 Å². The van der Waals surface area contributed by atoms with Gasteiger partial charge in [0.25, 0.3) is 5.91 Å². The van der Waals surface area contributed by atoms with Gasteiger partial charge in [0.1, 0.15) is 4.83 Å². The van der Waals surface area contributed by atoms with Crippen LogP contribution in [0.25, 0.3) is 15.3 Å². The molecule has 0 saturated heterocycles. The number of fused-ring (bicyclic) bond motifs is 3. The maximum atomic E-state index is 11.8. The molecule has 0 aliphatic heterocycles. The molecule has 3 heterocycles. The van der Waals surface area contributed by atoms with E-state index in [9.17, 15) is 4.79 Å². The van der Waals surface area contributed by atoms with Gasteiger partial charge in [0.2, 0.25) is 0 Å². The lowest BCUT2D eigenvalue weighted by atomic mass is 10.4. The number of carbonyl (C=O) groups is 1. The zero-order valence-corrected chi connectivity index (χ0v) is 10.5. The Kier molecular flexibility index (Phi) is 2.45. The number of thiophene rings is 1. The van der Waals surface area contributed by atoms with Crippen LogP contribution in [0.2, 0.25) is 0 Å². The third kappa shape index (κ3) is 1.65. The van der Waals surface area contributed by atoms with Gasteiger partial charge in [0, 0.05) is 18.1 Å². The average molecular weight is 263 g/mol. The van der Waals surface area contributed by atoms with E-state index in [0.29, 0.717) is 11.4 Å². The number of rotatable bonds is 3. The summed E-state index contributed by atoms with van der Waals surface area (Å²) in [6.07, 6.45) is 3.63. The maximum Gasteiger partial charge on any atom is 0.261 e. The molecular formula is C11H9N3OS2. The minimum atomic E-state index is -0.0723. The van der Waals surface area contributed by atoms with Crippen LogP contribution in [-0.4, -0.2) is 21.8 Å². The van der Waals surface area contributed by atoms with Gasteiger partial charge in [-0.3, -0.25) is 9.20 Å². The first-order valence-electron chi connectivity index (χ1n) is 5.04. The number of aromatic nitrogens is 2. The molecule has 6 heteroatoms. The van der Waals surface area contributed by atoms with Crippen molar-refractivity contribution in [3.8, 4) is 0 Å². The third-order valence-corrected chi connectivity index (χ3v) is 4.14. The van der Waals surface area contributed by atoms with Gasteiger partial charge in [-0.2, -0.15) is 0 Å². The molecule has 0 aliphatic rings. The molecule has 0 aromatic carbocycles. The number of hydrogen-bond acceptors (Lipinski definition) is 4. The maximum absolute atomic E-state index is 11.8. The van der Waals surface area contributed by atoms with Crippen molar-refractivity contribution < 1.29 is 4.79 Å². The molecule has 0 saturated carbocycles. The summed E-state index contributed by atoms with van der Waals surface area (Å²) in [4.78, 5) is 18.8. The van der Waals surface area contributed by atoms with Crippen LogP contribution in [0, 0.1) is 0 Å². The minimum Gasteiger partial charge on any atom is -0.348 e. The molecule has 0 unspecified atom stereocenters. The van der Waals surface area contributed by atoms with Crippen molar-refractivity contribution in [3.63, 3.8) is 0 Å². The Morgan fingerprint density at radius 2 is 2.53 bits per heavy atom. The second kappa shape index (κ2) is 3.97. The number of hydrogen-bond donors (Lipinski definition) is 1. The number of carbonyl (C=O) groups excluding carboxylic acids is 1. The lowest BCUT2D eigenvalue weighted by Crippen LogP contribution is -2.21. The summed E-state index contributed by atoms with van der Waals surface area (Å²) < 4.78 is 2.00. The van der Waals surface area contributed by atoms with Gasteiger partial charge in [0.05, 0.1) is 10.4 Å². The molecule has 0 spiro atoms. The second-order valence-electron chi connectivity index (χ2n) is 3.47. The highest BCUT2D eigenvalue weighted by atomic mass is 32.1. The van der Waals surface area contributed by atoms with E-state index in [0.717, 1.165) is 15.3 Å². The van der Waals surface area contributed by atoms with Crippen LogP contribution in [0.1, 0.15) is 9.67 Å². The first-order valence-corrected chi connectivity index (χ1v) is 6.73. The fraction of sp³-hybridized carbons (Fsp3) is 0.0909. The third-order valence-electron chi connectivity index (χ3n) is 2.37. The van der Waals surface area contributed by atoms with Crippen molar-refractivity contribution in [2.75, 3.05) is 6.54 Å².